The summed E-state index contributed by atoms with van der Waals surface area (Å²) in [5, 5.41) is 3.33. The van der Waals surface area contributed by atoms with Gasteiger partial charge in [0.15, 0.2) is 0 Å². The molecule has 84 valence electrons. The average Bonchev–Trinajstić information content (AvgIpc) is 2.15. The zero-order valence-electron chi connectivity index (χ0n) is 9.76. The van der Waals surface area contributed by atoms with Crippen molar-refractivity contribution in [1.29, 1.82) is 0 Å². The van der Waals surface area contributed by atoms with Crippen LogP contribution in [0.1, 0.15) is 33.3 Å². The number of rotatable bonds is 3. The molecular weight excluding hydrogens is 190 g/mol. The van der Waals surface area contributed by atoms with Gasteiger partial charge in [0.05, 0.1) is 0 Å². The van der Waals surface area contributed by atoms with Gasteiger partial charge in [0, 0.05) is 11.1 Å². The zero-order valence-corrected chi connectivity index (χ0v) is 9.76. The van der Waals surface area contributed by atoms with E-state index in [0.29, 0.717) is 5.82 Å². The van der Waals surface area contributed by atoms with E-state index < -0.39 is 0 Å². The Morgan fingerprint density at radius 2 is 1.87 bits per heavy atom. The first-order valence-corrected chi connectivity index (χ1v) is 5.06. The van der Waals surface area contributed by atoms with E-state index in [4.69, 9.17) is 5.84 Å². The highest BCUT2D eigenvalue weighted by atomic mass is 15.3. The van der Waals surface area contributed by atoms with Crippen molar-refractivity contribution in [2.24, 2.45) is 5.84 Å². The lowest BCUT2D eigenvalue weighted by Crippen LogP contribution is -2.28. The normalized spacial score (nSPS) is 11.3. The van der Waals surface area contributed by atoms with Crippen LogP contribution in [0.2, 0.25) is 0 Å². The number of nitrogen functional groups attached to an aromatic ring is 1. The first-order valence-electron chi connectivity index (χ1n) is 5.06. The Hall–Kier alpha value is -1.36. The van der Waals surface area contributed by atoms with Crippen LogP contribution in [0.15, 0.2) is 6.33 Å². The third kappa shape index (κ3) is 3.06. The Labute approximate surface area is 90.5 Å². The minimum Gasteiger partial charge on any atom is -0.365 e. The van der Waals surface area contributed by atoms with Crippen molar-refractivity contribution in [3.63, 3.8) is 0 Å². The highest BCUT2D eigenvalue weighted by Gasteiger charge is 2.15. The van der Waals surface area contributed by atoms with Gasteiger partial charge >= 0.3 is 0 Å². The lowest BCUT2D eigenvalue weighted by Gasteiger charge is -2.23. The summed E-state index contributed by atoms with van der Waals surface area (Å²) in [4.78, 5) is 8.30. The molecule has 5 nitrogen and oxygen atoms in total. The molecule has 0 atom stereocenters. The van der Waals surface area contributed by atoms with Crippen LogP contribution in [0.4, 0.5) is 11.6 Å². The van der Waals surface area contributed by atoms with Gasteiger partial charge in [-0.1, -0.05) is 6.92 Å². The van der Waals surface area contributed by atoms with Crippen molar-refractivity contribution in [3.8, 4) is 0 Å². The summed E-state index contributed by atoms with van der Waals surface area (Å²) in [6.45, 7) is 8.31. The first kappa shape index (κ1) is 11.7. The number of nitrogens with two attached hydrogens (primary N) is 1. The Bertz CT molecular complexity index is 329. The Morgan fingerprint density at radius 1 is 1.27 bits per heavy atom. The number of hydrazine groups is 1. The number of aromatic nitrogens is 2. The molecule has 0 bridgehead atoms. The average molecular weight is 209 g/mol. The maximum Gasteiger partial charge on any atom is 0.148 e. The second-order valence-electron chi connectivity index (χ2n) is 4.42. The Balaban J connectivity index is 3.06. The van der Waals surface area contributed by atoms with E-state index in [1.165, 1.54) is 6.33 Å². The molecule has 0 radical (unpaired) electrons. The summed E-state index contributed by atoms with van der Waals surface area (Å²) in [5.74, 6) is 6.91. The molecule has 4 N–H and O–H groups in total. The van der Waals surface area contributed by atoms with Crippen LogP contribution in [-0.2, 0) is 6.42 Å². The maximum absolute atomic E-state index is 5.39. The third-order valence-electron chi connectivity index (χ3n) is 1.93. The monoisotopic (exact) mass is 209 g/mol. The third-order valence-corrected chi connectivity index (χ3v) is 1.93. The number of nitrogens with zero attached hydrogens (tertiary/aromatic N) is 2. The lowest BCUT2D eigenvalue weighted by molar-refractivity contribution is 0.628. The lowest BCUT2D eigenvalue weighted by atomic mass is 10.1. The van der Waals surface area contributed by atoms with E-state index in [9.17, 15) is 0 Å². The van der Waals surface area contributed by atoms with Crippen LogP contribution in [0, 0.1) is 0 Å². The second kappa shape index (κ2) is 4.44. The van der Waals surface area contributed by atoms with Gasteiger partial charge in [-0.05, 0) is 27.2 Å². The van der Waals surface area contributed by atoms with Crippen LogP contribution in [0.3, 0.4) is 0 Å². The molecule has 0 aliphatic carbocycles. The zero-order chi connectivity index (χ0) is 11.5. The van der Waals surface area contributed by atoms with Crippen molar-refractivity contribution < 1.29 is 0 Å². The Morgan fingerprint density at radius 3 is 2.33 bits per heavy atom. The van der Waals surface area contributed by atoms with Crippen LogP contribution in [0.5, 0.6) is 0 Å². The number of nitrogens with one attached hydrogen (secondary N) is 2. The molecule has 0 amide bonds. The van der Waals surface area contributed by atoms with Crippen LogP contribution in [0.25, 0.3) is 0 Å². The van der Waals surface area contributed by atoms with Crippen LogP contribution < -0.4 is 16.6 Å². The van der Waals surface area contributed by atoms with Gasteiger partial charge in [0.2, 0.25) is 0 Å². The van der Waals surface area contributed by atoms with E-state index in [1.54, 1.807) is 0 Å². The fourth-order valence-electron chi connectivity index (χ4n) is 1.33. The van der Waals surface area contributed by atoms with E-state index in [-0.39, 0.29) is 5.54 Å². The van der Waals surface area contributed by atoms with Crippen LogP contribution >= 0.6 is 0 Å². The highest BCUT2D eigenvalue weighted by molar-refractivity contribution is 5.57. The van der Waals surface area contributed by atoms with Crippen molar-refractivity contribution in [2.45, 2.75) is 39.7 Å². The van der Waals surface area contributed by atoms with Crippen LogP contribution in [-0.4, -0.2) is 15.5 Å². The van der Waals surface area contributed by atoms with Crippen molar-refractivity contribution in [2.75, 3.05) is 10.7 Å². The maximum atomic E-state index is 5.39. The van der Waals surface area contributed by atoms with Crippen molar-refractivity contribution in [3.05, 3.63) is 11.9 Å². The fourth-order valence-corrected chi connectivity index (χ4v) is 1.33. The minimum absolute atomic E-state index is 0.0237. The predicted molar refractivity (Wildman–Crippen MR) is 62.6 cm³/mol. The molecular formula is C10H19N5. The number of hydrogen-bond donors (Lipinski definition) is 3. The molecule has 0 unspecified atom stereocenters. The van der Waals surface area contributed by atoms with Gasteiger partial charge in [-0.15, -0.1) is 0 Å². The molecule has 5 heteroatoms. The van der Waals surface area contributed by atoms with E-state index in [1.807, 2.05) is 6.92 Å². The van der Waals surface area contributed by atoms with E-state index >= 15 is 0 Å². The molecule has 1 aromatic rings. The van der Waals surface area contributed by atoms with Gasteiger partial charge in [-0.2, -0.15) is 0 Å². The van der Waals surface area contributed by atoms with Gasteiger partial charge in [0.25, 0.3) is 0 Å². The predicted octanol–water partition coefficient (Wildman–Crippen LogP) is 1.53. The fraction of sp³-hybridized carbons (Fsp3) is 0.600. The van der Waals surface area contributed by atoms with E-state index in [0.717, 1.165) is 17.8 Å². The molecule has 1 heterocycles. The number of hydrogen-bond acceptors (Lipinski definition) is 5. The first-order chi connectivity index (χ1) is 6.98. The highest BCUT2D eigenvalue weighted by Crippen LogP contribution is 2.22. The van der Waals surface area contributed by atoms with Gasteiger partial charge in [0.1, 0.15) is 18.0 Å². The Kier molecular flexibility index (Phi) is 3.47. The molecule has 1 rings (SSSR count). The minimum atomic E-state index is -0.0237. The summed E-state index contributed by atoms with van der Waals surface area (Å²) in [6, 6.07) is 0. The molecule has 0 aliphatic rings. The molecule has 0 fully saturated rings. The van der Waals surface area contributed by atoms with Gasteiger partial charge in [-0.3, -0.25) is 0 Å². The molecule has 0 aromatic carbocycles. The summed E-state index contributed by atoms with van der Waals surface area (Å²) >= 11 is 0. The van der Waals surface area contributed by atoms with Crippen molar-refractivity contribution in [1.82, 2.24) is 9.97 Å². The van der Waals surface area contributed by atoms with Crippen molar-refractivity contribution >= 4 is 11.6 Å². The van der Waals surface area contributed by atoms with E-state index in [2.05, 4.69) is 41.5 Å². The summed E-state index contributed by atoms with van der Waals surface area (Å²) in [5.41, 5.74) is 3.57. The van der Waals surface area contributed by atoms with Gasteiger partial charge in [-0.25, -0.2) is 15.8 Å². The molecule has 0 spiro atoms. The smallest absolute Gasteiger partial charge is 0.148 e. The topological polar surface area (TPSA) is 75.9 Å². The summed E-state index contributed by atoms with van der Waals surface area (Å²) in [6.07, 6.45) is 2.33. The standard InChI is InChI=1S/C10H19N5/c1-5-7-8(14-10(2,3)4)12-6-13-9(7)15-11/h6H,5,11H2,1-4H3,(H2,12,13,14,15). The second-order valence-corrected chi connectivity index (χ2v) is 4.42. The summed E-state index contributed by atoms with van der Waals surface area (Å²) < 4.78 is 0. The molecule has 0 saturated heterocycles. The molecule has 15 heavy (non-hydrogen) atoms. The quantitative estimate of drug-likeness (QED) is 0.520. The SMILES string of the molecule is CCc1c(NN)ncnc1NC(C)(C)C. The number of anilines is 2. The molecule has 1 aromatic heterocycles. The molecule has 0 aliphatic heterocycles. The summed E-state index contributed by atoms with van der Waals surface area (Å²) in [7, 11) is 0. The largest absolute Gasteiger partial charge is 0.365 e. The molecule has 0 saturated carbocycles. The van der Waals surface area contributed by atoms with Gasteiger partial charge < -0.3 is 10.7 Å².